The third kappa shape index (κ3) is 74.9. The van der Waals surface area contributed by atoms with Crippen LogP contribution in [0.2, 0.25) is 0 Å². The molecule has 0 aliphatic rings. The Bertz CT molecular complexity index is 2070. The van der Waals surface area contributed by atoms with E-state index in [4.69, 9.17) is 18.5 Å². The molecule has 0 aliphatic heterocycles. The molecule has 10 heteroatoms. The summed E-state index contributed by atoms with van der Waals surface area (Å²) in [5, 5.41) is 0. The second-order valence-electron chi connectivity index (χ2n) is 25.9. The van der Waals surface area contributed by atoms with Gasteiger partial charge >= 0.3 is 11.9 Å². The van der Waals surface area contributed by atoms with Crippen molar-refractivity contribution in [3.05, 3.63) is 146 Å². The summed E-state index contributed by atoms with van der Waals surface area (Å²) in [5.41, 5.74) is 0. The average molecular weight is 1300 g/mol. The van der Waals surface area contributed by atoms with E-state index in [1.165, 1.54) is 154 Å². The zero-order valence-electron chi connectivity index (χ0n) is 59.9. The number of carbonyl (C=O) groups is 2. The number of unbranched alkanes of at least 4 members (excludes halogenated alkanes) is 30. The lowest BCUT2D eigenvalue weighted by Crippen LogP contribution is -2.37. The van der Waals surface area contributed by atoms with Crippen LogP contribution in [0.3, 0.4) is 0 Å². The summed E-state index contributed by atoms with van der Waals surface area (Å²) in [5.74, 6) is -0.835. The number of quaternary nitrogens is 1. The van der Waals surface area contributed by atoms with Crippen LogP contribution >= 0.6 is 7.82 Å². The van der Waals surface area contributed by atoms with Gasteiger partial charge in [-0.1, -0.05) is 327 Å². The lowest BCUT2D eigenvalue weighted by molar-refractivity contribution is -0.870. The van der Waals surface area contributed by atoms with Crippen molar-refractivity contribution in [2.45, 2.75) is 315 Å². The summed E-state index contributed by atoms with van der Waals surface area (Å²) in [6.07, 6.45) is 105. The zero-order valence-corrected chi connectivity index (χ0v) is 60.8. The smallest absolute Gasteiger partial charge is 0.306 e. The summed E-state index contributed by atoms with van der Waals surface area (Å²) >= 11 is 0. The van der Waals surface area contributed by atoms with Crippen LogP contribution in [0, 0.1) is 0 Å². The van der Waals surface area contributed by atoms with Crippen LogP contribution in [-0.2, 0) is 32.7 Å². The molecule has 92 heavy (non-hydrogen) atoms. The molecule has 0 N–H and O–H groups in total. The predicted octanol–water partition coefficient (Wildman–Crippen LogP) is 24.3. The van der Waals surface area contributed by atoms with Crippen LogP contribution in [0.15, 0.2) is 146 Å². The highest BCUT2D eigenvalue weighted by atomic mass is 31.2. The first kappa shape index (κ1) is 87.9. The summed E-state index contributed by atoms with van der Waals surface area (Å²) in [7, 11) is 1.16. The number of hydrogen-bond donors (Lipinski definition) is 0. The van der Waals surface area contributed by atoms with Crippen molar-refractivity contribution in [1.29, 1.82) is 0 Å². The van der Waals surface area contributed by atoms with Crippen LogP contribution in [0.5, 0.6) is 0 Å². The first-order chi connectivity index (χ1) is 45.0. The number of hydrogen-bond acceptors (Lipinski definition) is 8. The van der Waals surface area contributed by atoms with Crippen molar-refractivity contribution in [2.24, 2.45) is 0 Å². The van der Waals surface area contributed by atoms with Crippen molar-refractivity contribution in [3.63, 3.8) is 0 Å². The first-order valence-electron chi connectivity index (χ1n) is 37.5. The third-order valence-corrected chi connectivity index (χ3v) is 16.8. The minimum absolute atomic E-state index is 0.0367. The fourth-order valence-corrected chi connectivity index (χ4v) is 10.9. The fourth-order valence-electron chi connectivity index (χ4n) is 10.2. The Morgan fingerprint density at radius 3 is 0.870 bits per heavy atom. The largest absolute Gasteiger partial charge is 0.756 e. The summed E-state index contributed by atoms with van der Waals surface area (Å²) in [6, 6.07) is 0. The molecule has 0 aromatic carbocycles. The molecule has 2 unspecified atom stereocenters. The maximum Gasteiger partial charge on any atom is 0.306 e. The normalized spacial score (nSPS) is 13.9. The van der Waals surface area contributed by atoms with Crippen molar-refractivity contribution in [1.82, 2.24) is 0 Å². The number of phosphoric acid groups is 1. The Hall–Kier alpha value is -4.11. The van der Waals surface area contributed by atoms with Gasteiger partial charge in [0, 0.05) is 12.8 Å². The molecule has 0 amide bonds. The van der Waals surface area contributed by atoms with Gasteiger partial charge in [-0.3, -0.25) is 14.2 Å². The van der Waals surface area contributed by atoms with E-state index < -0.39 is 26.5 Å². The number of carbonyl (C=O) groups excluding carboxylic acids is 2. The van der Waals surface area contributed by atoms with Gasteiger partial charge in [-0.15, -0.1) is 0 Å². The molecule has 0 spiro atoms. The SMILES string of the molecule is CC/C=C\C/C=C\C/C=C\C/C=C\C/C=C\C/C=C\C/C=C\C/C=C\CCCCCCCCCCCCC(=O)OC(COC(=O)CCCCCCCCCCCCCCCCCCCCCC/C=C\C/C=C\C/C=C\C/C=C\CC)COP(=O)([O-])OCC[N+](C)(C)C. The standard InChI is InChI=1S/C82H140NO8P/c1-6-8-10-12-14-16-18-20-22-24-26-28-30-32-34-36-38-40-41-43-45-47-49-51-53-55-57-59-61-63-65-67-69-71-73-75-82(85)91-80(79-90-92(86,87)89-77-76-83(3,4)5)78-88-81(84)74-72-70-68-66-64-62-60-58-56-54-52-50-48-46-44-42-39-37-35-33-31-29-27-25-23-21-19-17-15-13-11-9-7-2/h8-11,14-17,20-23,26-29,32,34,38,40,43,45,49,51,80H,6-7,12-13,18-19,24-25,30-31,33,35-37,39,41-42,44,46-48,50,52-79H2,1-5H3/b10-8-,11-9-,16-14-,17-15-,22-20-,23-21-,28-26-,29-27-,34-32-,40-38-,45-43-,51-49-. The highest BCUT2D eigenvalue weighted by molar-refractivity contribution is 7.45. The number of nitrogens with zero attached hydrogens (tertiary/aromatic N) is 1. The van der Waals surface area contributed by atoms with Crippen molar-refractivity contribution in [3.8, 4) is 0 Å². The molecular formula is C82H140NO8P. The quantitative estimate of drug-likeness (QED) is 0.0195. The van der Waals surface area contributed by atoms with Crippen LogP contribution < -0.4 is 4.89 Å². The monoisotopic (exact) mass is 1300 g/mol. The molecule has 0 aliphatic carbocycles. The number of esters is 2. The van der Waals surface area contributed by atoms with E-state index in [1.807, 2.05) is 21.1 Å². The molecule has 2 atom stereocenters. The number of ether oxygens (including phenoxy) is 2. The predicted molar refractivity (Wildman–Crippen MR) is 397 cm³/mol. The minimum Gasteiger partial charge on any atom is -0.756 e. The van der Waals surface area contributed by atoms with E-state index in [1.54, 1.807) is 0 Å². The van der Waals surface area contributed by atoms with Gasteiger partial charge in [-0.2, -0.15) is 0 Å². The Balaban J connectivity index is 4.04. The van der Waals surface area contributed by atoms with Gasteiger partial charge < -0.3 is 27.9 Å². The van der Waals surface area contributed by atoms with Crippen molar-refractivity contribution >= 4 is 19.8 Å². The zero-order chi connectivity index (χ0) is 66.9. The van der Waals surface area contributed by atoms with E-state index >= 15 is 0 Å². The Morgan fingerprint density at radius 1 is 0.337 bits per heavy atom. The van der Waals surface area contributed by atoms with Crippen molar-refractivity contribution in [2.75, 3.05) is 47.5 Å². The number of likely N-dealkylation sites (N-methyl/N-ethyl adjacent to an activating group) is 1. The molecule has 0 fully saturated rings. The summed E-state index contributed by atoms with van der Waals surface area (Å²) < 4.78 is 34.4. The first-order valence-corrected chi connectivity index (χ1v) is 39.0. The second kappa shape index (κ2) is 71.2. The molecular weight excluding hydrogens is 1160 g/mol. The number of phosphoric ester groups is 1. The molecule has 9 nitrogen and oxygen atoms in total. The van der Waals surface area contributed by atoms with Gasteiger partial charge in [-0.25, -0.2) is 0 Å². The van der Waals surface area contributed by atoms with Gasteiger partial charge in [0.1, 0.15) is 19.8 Å². The molecule has 0 bridgehead atoms. The topological polar surface area (TPSA) is 111 Å². The van der Waals surface area contributed by atoms with Crippen LogP contribution in [0.1, 0.15) is 309 Å². The van der Waals surface area contributed by atoms with Gasteiger partial charge in [0.2, 0.25) is 0 Å². The fraction of sp³-hybridized carbons (Fsp3) is 0.683. The van der Waals surface area contributed by atoms with E-state index in [0.717, 1.165) is 122 Å². The molecule has 526 valence electrons. The molecule has 0 radical (unpaired) electrons. The van der Waals surface area contributed by atoms with E-state index in [2.05, 4.69) is 160 Å². The maximum atomic E-state index is 12.9. The van der Waals surface area contributed by atoms with E-state index in [9.17, 15) is 19.0 Å². The van der Waals surface area contributed by atoms with E-state index in [-0.39, 0.29) is 32.0 Å². The van der Waals surface area contributed by atoms with Crippen LogP contribution in [0.25, 0.3) is 0 Å². The Kier molecular flexibility index (Phi) is 68.0. The van der Waals surface area contributed by atoms with Gasteiger partial charge in [0.25, 0.3) is 7.82 Å². The number of allylic oxidation sites excluding steroid dienone is 24. The highest BCUT2D eigenvalue weighted by Gasteiger charge is 2.22. The second-order valence-corrected chi connectivity index (χ2v) is 27.3. The summed E-state index contributed by atoms with van der Waals surface area (Å²) in [4.78, 5) is 38.1. The number of rotatable bonds is 68. The maximum absolute atomic E-state index is 12.9. The molecule has 0 rings (SSSR count). The van der Waals surface area contributed by atoms with Crippen LogP contribution in [-0.4, -0.2) is 70.0 Å². The molecule has 0 saturated heterocycles. The minimum atomic E-state index is -4.65. The van der Waals surface area contributed by atoms with Crippen molar-refractivity contribution < 1.29 is 42.1 Å². The van der Waals surface area contributed by atoms with Gasteiger partial charge in [0.05, 0.1) is 27.7 Å². The Morgan fingerprint density at radius 2 is 0.587 bits per heavy atom. The lowest BCUT2D eigenvalue weighted by atomic mass is 10.0. The molecule has 0 aromatic heterocycles. The van der Waals surface area contributed by atoms with Gasteiger partial charge in [0.15, 0.2) is 6.10 Å². The van der Waals surface area contributed by atoms with Crippen LogP contribution in [0.4, 0.5) is 0 Å². The third-order valence-electron chi connectivity index (χ3n) is 15.9. The Labute approximate surface area is 567 Å². The lowest BCUT2D eigenvalue weighted by Gasteiger charge is -2.28. The highest BCUT2D eigenvalue weighted by Crippen LogP contribution is 2.38. The van der Waals surface area contributed by atoms with E-state index in [0.29, 0.717) is 17.4 Å². The average Bonchev–Trinajstić information content (AvgIpc) is 2.14. The molecule has 0 aromatic rings. The molecule has 0 heterocycles. The molecule has 0 saturated carbocycles. The van der Waals surface area contributed by atoms with Gasteiger partial charge in [-0.05, 0) is 116 Å². The summed E-state index contributed by atoms with van der Waals surface area (Å²) in [6.45, 7) is 4.03.